The number of hydrogen-bond donors (Lipinski definition) is 0. The maximum atomic E-state index is 12.5. The maximum Gasteiger partial charge on any atom is 0.227 e. The van der Waals surface area contributed by atoms with Crippen LogP contribution in [0.25, 0.3) is 0 Å². The molecule has 1 aromatic carbocycles. The molecule has 1 aliphatic rings. The van der Waals surface area contributed by atoms with Crippen LogP contribution < -0.4 is 4.90 Å². The van der Waals surface area contributed by atoms with Crippen LogP contribution in [0.5, 0.6) is 0 Å². The van der Waals surface area contributed by atoms with Crippen molar-refractivity contribution in [3.05, 3.63) is 51.7 Å². The monoisotopic (exact) mass is 299 g/mol. The van der Waals surface area contributed by atoms with E-state index in [4.69, 9.17) is 0 Å². The van der Waals surface area contributed by atoms with Gasteiger partial charge in [0.1, 0.15) is 0 Å². The molecule has 0 unspecified atom stereocenters. The van der Waals surface area contributed by atoms with Gasteiger partial charge in [0.05, 0.1) is 5.69 Å². The zero-order valence-electron chi connectivity index (χ0n) is 12.0. The maximum absolute atomic E-state index is 12.5. The van der Waals surface area contributed by atoms with Gasteiger partial charge in [-0.25, -0.2) is 0 Å². The Balaban J connectivity index is 1.78. The number of thiophene rings is 1. The third kappa shape index (κ3) is 2.90. The van der Waals surface area contributed by atoms with Gasteiger partial charge in [-0.3, -0.25) is 9.59 Å². The minimum atomic E-state index is 0.0982. The van der Waals surface area contributed by atoms with Crippen LogP contribution in [0.1, 0.15) is 33.6 Å². The molecule has 2 aromatic rings. The van der Waals surface area contributed by atoms with Gasteiger partial charge in [-0.05, 0) is 36.9 Å². The highest BCUT2D eigenvalue weighted by molar-refractivity contribution is 7.09. The number of ketones is 1. The van der Waals surface area contributed by atoms with Gasteiger partial charge in [-0.1, -0.05) is 17.7 Å². The molecule has 1 aliphatic heterocycles. The lowest BCUT2D eigenvalue weighted by atomic mass is 9.98. The van der Waals surface area contributed by atoms with Gasteiger partial charge in [-0.2, -0.15) is 0 Å². The second-order valence-corrected chi connectivity index (χ2v) is 6.35. The number of nitrogens with zero attached hydrogens (tertiary/aromatic N) is 1. The first-order valence-electron chi connectivity index (χ1n) is 7.12. The Kier molecular flexibility index (Phi) is 3.88. The van der Waals surface area contributed by atoms with Gasteiger partial charge in [0.15, 0.2) is 5.78 Å². The number of carbonyl (C=O) groups excluding carboxylic acids is 2. The second-order valence-electron chi connectivity index (χ2n) is 5.32. The Morgan fingerprint density at radius 2 is 2.19 bits per heavy atom. The summed E-state index contributed by atoms with van der Waals surface area (Å²) in [6.07, 6.45) is 1.67. The summed E-state index contributed by atoms with van der Waals surface area (Å²) >= 11 is 1.67. The first-order valence-corrected chi connectivity index (χ1v) is 8.00. The Hall–Kier alpha value is -1.94. The molecular formula is C17H17NO2S. The number of rotatable bonds is 3. The smallest absolute Gasteiger partial charge is 0.227 e. The topological polar surface area (TPSA) is 37.4 Å². The molecule has 108 valence electrons. The van der Waals surface area contributed by atoms with E-state index in [-0.39, 0.29) is 11.7 Å². The summed E-state index contributed by atoms with van der Waals surface area (Å²) in [7, 11) is 0. The first-order chi connectivity index (χ1) is 10.1. The summed E-state index contributed by atoms with van der Waals surface area (Å²) in [6.45, 7) is 2.46. The van der Waals surface area contributed by atoms with Crippen molar-refractivity contribution < 1.29 is 9.59 Å². The van der Waals surface area contributed by atoms with Crippen molar-refractivity contribution in [3.8, 4) is 0 Å². The molecule has 0 saturated heterocycles. The number of hydrogen-bond acceptors (Lipinski definition) is 3. The van der Waals surface area contributed by atoms with Crippen molar-refractivity contribution >= 4 is 28.7 Å². The van der Waals surface area contributed by atoms with Gasteiger partial charge in [-0.15, -0.1) is 11.3 Å². The normalized spacial score (nSPS) is 14.1. The molecule has 0 atom stereocenters. The van der Waals surface area contributed by atoms with E-state index in [1.165, 1.54) is 4.88 Å². The number of aryl methyl sites for hydroxylation is 2. The third-order valence-electron chi connectivity index (χ3n) is 3.77. The Labute approximate surface area is 128 Å². The fourth-order valence-corrected chi connectivity index (χ4v) is 3.37. The second kappa shape index (κ2) is 5.82. The molecule has 21 heavy (non-hydrogen) atoms. The van der Waals surface area contributed by atoms with E-state index in [1.807, 2.05) is 36.6 Å². The molecule has 0 fully saturated rings. The molecule has 0 saturated carbocycles. The minimum absolute atomic E-state index is 0.0982. The van der Waals surface area contributed by atoms with Gasteiger partial charge in [0.25, 0.3) is 0 Å². The highest BCUT2D eigenvalue weighted by atomic mass is 32.1. The lowest BCUT2D eigenvalue weighted by molar-refractivity contribution is -0.118. The Bertz CT molecular complexity index is 676. The van der Waals surface area contributed by atoms with Crippen LogP contribution in [-0.4, -0.2) is 18.2 Å². The fraction of sp³-hybridized carbons (Fsp3) is 0.294. The third-order valence-corrected chi connectivity index (χ3v) is 4.71. The highest BCUT2D eigenvalue weighted by Crippen LogP contribution is 2.28. The lowest BCUT2D eigenvalue weighted by Crippen LogP contribution is -2.37. The number of benzene rings is 1. The Morgan fingerprint density at radius 3 is 2.95 bits per heavy atom. The molecule has 0 spiro atoms. The SMILES string of the molecule is Cc1ccc2c(c1)C(=O)CCN2C(=O)CCc1cccs1. The van der Waals surface area contributed by atoms with Crippen LogP contribution in [0.4, 0.5) is 5.69 Å². The summed E-state index contributed by atoms with van der Waals surface area (Å²) in [5, 5.41) is 2.03. The van der Waals surface area contributed by atoms with Gasteiger partial charge < -0.3 is 4.90 Å². The highest BCUT2D eigenvalue weighted by Gasteiger charge is 2.26. The predicted octanol–water partition coefficient (Wildman–Crippen LogP) is 3.61. The van der Waals surface area contributed by atoms with E-state index in [2.05, 4.69) is 6.07 Å². The van der Waals surface area contributed by atoms with Crippen LogP contribution in [0.15, 0.2) is 35.7 Å². The predicted molar refractivity (Wildman–Crippen MR) is 85.1 cm³/mol. The number of carbonyl (C=O) groups is 2. The fourth-order valence-electron chi connectivity index (χ4n) is 2.66. The number of Topliss-reactive ketones (excluding diaryl/α,β-unsaturated/α-hetero) is 1. The van der Waals surface area contributed by atoms with Crippen LogP contribution >= 0.6 is 11.3 Å². The summed E-state index contributed by atoms with van der Waals surface area (Å²) in [4.78, 5) is 27.5. The number of anilines is 1. The molecule has 4 heteroatoms. The van der Waals surface area contributed by atoms with Crippen LogP contribution in [0.3, 0.4) is 0 Å². The summed E-state index contributed by atoms with van der Waals surface area (Å²) in [5.74, 6) is 0.233. The van der Waals surface area contributed by atoms with Crippen molar-refractivity contribution in [1.29, 1.82) is 0 Å². The van der Waals surface area contributed by atoms with Gasteiger partial charge in [0.2, 0.25) is 5.91 Å². The molecular weight excluding hydrogens is 282 g/mol. The molecule has 3 rings (SSSR count). The largest absolute Gasteiger partial charge is 0.311 e. The molecule has 0 radical (unpaired) electrons. The van der Waals surface area contributed by atoms with Crippen molar-refractivity contribution in [2.24, 2.45) is 0 Å². The van der Waals surface area contributed by atoms with E-state index in [9.17, 15) is 9.59 Å². The van der Waals surface area contributed by atoms with Crippen molar-refractivity contribution in [2.75, 3.05) is 11.4 Å². The van der Waals surface area contributed by atoms with Gasteiger partial charge in [0, 0.05) is 29.8 Å². The average Bonchev–Trinajstić information content (AvgIpc) is 2.99. The van der Waals surface area contributed by atoms with E-state index in [1.54, 1.807) is 16.2 Å². The molecule has 2 heterocycles. The van der Waals surface area contributed by atoms with Crippen molar-refractivity contribution in [1.82, 2.24) is 0 Å². The first kappa shape index (κ1) is 14.0. The standard InChI is InChI=1S/C17H17NO2S/c1-12-4-6-15-14(11-12)16(19)8-9-18(15)17(20)7-5-13-3-2-10-21-13/h2-4,6,10-11H,5,7-9H2,1H3. The minimum Gasteiger partial charge on any atom is -0.311 e. The van der Waals surface area contributed by atoms with E-state index in [0.717, 1.165) is 17.7 Å². The summed E-state index contributed by atoms with van der Waals surface area (Å²) in [5.41, 5.74) is 2.51. The molecule has 1 amide bonds. The quantitative estimate of drug-likeness (QED) is 0.868. The molecule has 3 nitrogen and oxygen atoms in total. The van der Waals surface area contributed by atoms with Crippen LogP contribution in [0, 0.1) is 6.92 Å². The van der Waals surface area contributed by atoms with Crippen molar-refractivity contribution in [2.45, 2.75) is 26.2 Å². The summed E-state index contributed by atoms with van der Waals surface area (Å²) in [6, 6.07) is 9.79. The van der Waals surface area contributed by atoms with Crippen LogP contribution in [-0.2, 0) is 11.2 Å². The number of fused-ring (bicyclic) bond motifs is 1. The molecule has 0 bridgehead atoms. The van der Waals surface area contributed by atoms with E-state index in [0.29, 0.717) is 24.9 Å². The number of amides is 1. The molecule has 1 aromatic heterocycles. The molecule has 0 aliphatic carbocycles. The van der Waals surface area contributed by atoms with Gasteiger partial charge >= 0.3 is 0 Å². The Morgan fingerprint density at radius 1 is 1.33 bits per heavy atom. The lowest BCUT2D eigenvalue weighted by Gasteiger charge is -2.29. The zero-order chi connectivity index (χ0) is 14.8. The van der Waals surface area contributed by atoms with E-state index >= 15 is 0 Å². The zero-order valence-corrected chi connectivity index (χ0v) is 12.8. The van der Waals surface area contributed by atoms with E-state index < -0.39 is 0 Å². The van der Waals surface area contributed by atoms with Crippen LogP contribution in [0.2, 0.25) is 0 Å². The van der Waals surface area contributed by atoms with Crippen molar-refractivity contribution in [3.63, 3.8) is 0 Å². The summed E-state index contributed by atoms with van der Waals surface area (Å²) < 4.78 is 0. The average molecular weight is 299 g/mol. The molecule has 0 N–H and O–H groups in total.